The molecule has 3 heterocycles. The molecular weight excluding hydrogens is 468 g/mol. The molecule has 8 nitrogen and oxygen atoms in total. The van der Waals surface area contributed by atoms with E-state index in [0.717, 1.165) is 73.1 Å². The van der Waals surface area contributed by atoms with Gasteiger partial charge in [-0.15, -0.1) is 21.5 Å². The van der Waals surface area contributed by atoms with E-state index in [1.54, 1.807) is 0 Å². The molecule has 0 bridgehead atoms. The highest BCUT2D eigenvalue weighted by Gasteiger charge is 2.32. The fourth-order valence-corrected chi connectivity index (χ4v) is 7.44. The third-order valence-corrected chi connectivity index (χ3v) is 9.45. The summed E-state index contributed by atoms with van der Waals surface area (Å²) in [6.07, 6.45) is 10.8. The van der Waals surface area contributed by atoms with Crippen LogP contribution in [0, 0.1) is 11.8 Å². The predicted molar refractivity (Wildman–Crippen MR) is 133 cm³/mol. The number of nitrogens with one attached hydrogen (secondary N) is 2. The summed E-state index contributed by atoms with van der Waals surface area (Å²) >= 11 is 3.17. The van der Waals surface area contributed by atoms with Gasteiger partial charge in [0.1, 0.15) is 10.7 Å². The monoisotopic (exact) mass is 498 g/mol. The van der Waals surface area contributed by atoms with Gasteiger partial charge in [0.15, 0.2) is 10.8 Å². The maximum Gasteiger partial charge on any atom is 0.248 e. The van der Waals surface area contributed by atoms with Crippen LogP contribution in [0.5, 0.6) is 0 Å². The molecule has 180 valence electrons. The first-order chi connectivity index (χ1) is 16.6. The molecule has 2 saturated carbocycles. The van der Waals surface area contributed by atoms with Crippen molar-refractivity contribution in [3.63, 3.8) is 0 Å². The second kappa shape index (κ2) is 9.11. The number of fused-ring (bicyclic) bond motifs is 5. The maximum atomic E-state index is 12.5. The highest BCUT2D eigenvalue weighted by molar-refractivity contribution is 7.99. The number of hydrogen-bond acceptors (Lipinski definition) is 7. The zero-order valence-corrected chi connectivity index (χ0v) is 21.1. The molecule has 0 aliphatic heterocycles. The summed E-state index contributed by atoms with van der Waals surface area (Å²) in [6, 6.07) is 0. The van der Waals surface area contributed by atoms with Gasteiger partial charge in [-0.2, -0.15) is 0 Å². The summed E-state index contributed by atoms with van der Waals surface area (Å²) in [4.78, 5) is 32.4. The minimum atomic E-state index is -0.241. The Morgan fingerprint density at radius 3 is 2.71 bits per heavy atom. The SMILES string of the molecule is C[C@@H]1CCc2c(sc3nc(C4CC4)n4c(SCC(=O)NNC(=O)C5CCCCC5)nnc4c23)C1. The van der Waals surface area contributed by atoms with Gasteiger partial charge in [0.05, 0.1) is 11.1 Å². The van der Waals surface area contributed by atoms with E-state index in [1.165, 1.54) is 35.0 Å². The molecule has 34 heavy (non-hydrogen) atoms. The topological polar surface area (TPSA) is 101 Å². The highest BCUT2D eigenvalue weighted by atomic mass is 32.2. The van der Waals surface area contributed by atoms with Gasteiger partial charge in [0.2, 0.25) is 11.8 Å². The molecule has 2 amide bonds. The van der Waals surface area contributed by atoms with E-state index in [1.807, 2.05) is 11.3 Å². The maximum absolute atomic E-state index is 12.5. The molecule has 3 aliphatic rings. The number of carbonyl (C=O) groups is 2. The van der Waals surface area contributed by atoms with Crippen molar-refractivity contribution in [1.82, 2.24) is 30.4 Å². The molecular formula is C24H30N6O2S2. The molecule has 10 heteroatoms. The van der Waals surface area contributed by atoms with Crippen LogP contribution in [0.15, 0.2) is 5.16 Å². The number of amides is 2. The van der Waals surface area contributed by atoms with E-state index in [9.17, 15) is 9.59 Å². The first-order valence-electron chi connectivity index (χ1n) is 12.5. The van der Waals surface area contributed by atoms with Crippen molar-refractivity contribution in [1.29, 1.82) is 0 Å². The first-order valence-corrected chi connectivity index (χ1v) is 14.3. The lowest BCUT2D eigenvalue weighted by atomic mass is 9.89. The van der Waals surface area contributed by atoms with E-state index >= 15 is 0 Å². The number of rotatable bonds is 5. The van der Waals surface area contributed by atoms with E-state index in [2.05, 4.69) is 32.4 Å². The lowest BCUT2D eigenvalue weighted by molar-refractivity contribution is -0.131. The quantitative estimate of drug-likeness (QED) is 0.405. The molecule has 0 spiro atoms. The molecule has 1 atom stereocenters. The van der Waals surface area contributed by atoms with Gasteiger partial charge in [-0.3, -0.25) is 24.8 Å². The van der Waals surface area contributed by atoms with Gasteiger partial charge >= 0.3 is 0 Å². The summed E-state index contributed by atoms with van der Waals surface area (Å²) in [5.74, 6) is 2.01. The van der Waals surface area contributed by atoms with Crippen LogP contribution < -0.4 is 10.9 Å². The normalized spacial score (nSPS) is 21.0. The van der Waals surface area contributed by atoms with Crippen molar-refractivity contribution in [3.8, 4) is 0 Å². The fourth-order valence-electron chi connectivity index (χ4n) is 5.31. The summed E-state index contributed by atoms with van der Waals surface area (Å²) in [5.41, 5.74) is 7.47. The second-order valence-electron chi connectivity index (χ2n) is 10.1. The molecule has 2 N–H and O–H groups in total. The van der Waals surface area contributed by atoms with Crippen LogP contribution in [0.4, 0.5) is 0 Å². The van der Waals surface area contributed by atoms with Crippen LogP contribution in [0.1, 0.15) is 80.5 Å². The Morgan fingerprint density at radius 2 is 1.91 bits per heavy atom. The van der Waals surface area contributed by atoms with Gasteiger partial charge in [0.25, 0.3) is 0 Å². The largest absolute Gasteiger partial charge is 0.273 e. The van der Waals surface area contributed by atoms with Gasteiger partial charge in [0, 0.05) is 16.7 Å². The second-order valence-corrected chi connectivity index (χ2v) is 12.1. The minimum Gasteiger partial charge on any atom is -0.273 e. The van der Waals surface area contributed by atoms with Crippen LogP contribution in [0.3, 0.4) is 0 Å². The average molecular weight is 499 g/mol. The number of aromatic nitrogens is 4. The number of thiophene rings is 1. The average Bonchev–Trinajstić information content (AvgIpc) is 3.51. The molecule has 0 radical (unpaired) electrons. The molecule has 0 saturated heterocycles. The zero-order chi connectivity index (χ0) is 23.2. The van der Waals surface area contributed by atoms with Crippen molar-refractivity contribution in [2.75, 3.05) is 5.75 Å². The van der Waals surface area contributed by atoms with Gasteiger partial charge < -0.3 is 0 Å². The van der Waals surface area contributed by atoms with Gasteiger partial charge in [-0.05, 0) is 56.4 Å². The predicted octanol–water partition coefficient (Wildman–Crippen LogP) is 4.16. The van der Waals surface area contributed by atoms with Crippen molar-refractivity contribution in [3.05, 3.63) is 16.3 Å². The van der Waals surface area contributed by atoms with Crippen LogP contribution in [-0.4, -0.2) is 37.1 Å². The van der Waals surface area contributed by atoms with Crippen molar-refractivity contribution >= 4 is 50.8 Å². The van der Waals surface area contributed by atoms with Crippen LogP contribution in [0.2, 0.25) is 0 Å². The molecule has 2 fully saturated rings. The van der Waals surface area contributed by atoms with Crippen LogP contribution in [-0.2, 0) is 22.4 Å². The molecule has 3 aromatic heterocycles. The van der Waals surface area contributed by atoms with Crippen LogP contribution in [0.25, 0.3) is 15.9 Å². The number of carbonyl (C=O) groups excluding carboxylic acids is 2. The number of nitrogens with zero attached hydrogens (tertiary/aromatic N) is 4. The third kappa shape index (κ3) is 4.19. The lowest BCUT2D eigenvalue weighted by Gasteiger charge is -2.20. The summed E-state index contributed by atoms with van der Waals surface area (Å²) in [7, 11) is 0. The van der Waals surface area contributed by atoms with Gasteiger partial charge in [-0.1, -0.05) is 37.9 Å². The zero-order valence-electron chi connectivity index (χ0n) is 19.4. The first kappa shape index (κ1) is 22.3. The highest BCUT2D eigenvalue weighted by Crippen LogP contribution is 2.44. The third-order valence-electron chi connectivity index (χ3n) is 7.37. The lowest BCUT2D eigenvalue weighted by Crippen LogP contribution is -2.45. The summed E-state index contributed by atoms with van der Waals surface area (Å²) in [6.45, 7) is 2.32. The standard InChI is InChI=1S/C24H30N6O2S2/c1-13-7-10-16-17(11-13)34-23-19(16)21-27-29-24(30(21)20(25-23)14-8-9-14)33-12-18(31)26-28-22(32)15-5-3-2-4-6-15/h13-15H,2-12H2,1H3,(H,26,31)(H,28,32)/t13-/m1/s1. The smallest absolute Gasteiger partial charge is 0.248 e. The summed E-state index contributed by atoms with van der Waals surface area (Å²) < 4.78 is 2.09. The molecule has 3 aliphatic carbocycles. The Morgan fingerprint density at radius 1 is 1.09 bits per heavy atom. The van der Waals surface area contributed by atoms with Crippen LogP contribution >= 0.6 is 23.1 Å². The number of hydrogen-bond donors (Lipinski definition) is 2. The number of thioether (sulfide) groups is 1. The number of hydrazine groups is 1. The molecule has 3 aromatic rings. The Balaban J connectivity index is 1.21. The number of aryl methyl sites for hydroxylation is 1. The molecule has 0 aromatic carbocycles. The van der Waals surface area contributed by atoms with Crippen molar-refractivity contribution < 1.29 is 9.59 Å². The van der Waals surface area contributed by atoms with Gasteiger partial charge in [-0.25, -0.2) is 4.98 Å². The Kier molecular flexibility index (Phi) is 5.97. The van der Waals surface area contributed by atoms with E-state index in [4.69, 9.17) is 4.98 Å². The Hall–Kier alpha value is -2.20. The Labute approximate surface area is 206 Å². The van der Waals surface area contributed by atoms with E-state index in [0.29, 0.717) is 17.0 Å². The fraction of sp³-hybridized carbons (Fsp3) is 0.625. The Bertz CT molecular complexity index is 1260. The van der Waals surface area contributed by atoms with E-state index in [-0.39, 0.29) is 23.5 Å². The summed E-state index contributed by atoms with van der Waals surface area (Å²) in [5, 5.41) is 10.9. The molecule has 6 rings (SSSR count). The molecule has 0 unspecified atom stereocenters. The van der Waals surface area contributed by atoms with Crippen molar-refractivity contribution in [2.45, 2.75) is 82.2 Å². The van der Waals surface area contributed by atoms with E-state index < -0.39 is 0 Å². The van der Waals surface area contributed by atoms with Crippen molar-refractivity contribution in [2.24, 2.45) is 11.8 Å². The minimum absolute atomic E-state index is 0.0104.